The van der Waals surface area contributed by atoms with E-state index >= 15 is 0 Å². The molecule has 0 saturated carbocycles. The Bertz CT molecular complexity index is 491. The molecule has 1 aromatic rings. The summed E-state index contributed by atoms with van der Waals surface area (Å²) in [4.78, 5) is 0. The molecule has 0 aromatic heterocycles. The Balaban J connectivity index is 2.10. The monoisotopic (exact) mass is 438 g/mol. The summed E-state index contributed by atoms with van der Waals surface area (Å²) in [5.74, 6) is 0.965. The second-order valence-corrected chi connectivity index (χ2v) is 18.7. The van der Waals surface area contributed by atoms with Crippen molar-refractivity contribution < 1.29 is 7.81 Å². The first-order valence-electron chi connectivity index (χ1n) is 9.84. The molecule has 134 valence electrons. The van der Waals surface area contributed by atoms with Gasteiger partial charge in [0.2, 0.25) is 0 Å². The average Bonchev–Trinajstić information content (AvgIpc) is 2.62. The van der Waals surface area contributed by atoms with Crippen LogP contribution in [0.3, 0.4) is 0 Å². The molecule has 24 heavy (non-hydrogen) atoms. The zero-order chi connectivity index (χ0) is 17.3. The van der Waals surface area contributed by atoms with Crippen LogP contribution in [-0.2, 0) is 3.07 Å². The van der Waals surface area contributed by atoms with Gasteiger partial charge < -0.3 is 0 Å². The van der Waals surface area contributed by atoms with Gasteiger partial charge in [0, 0.05) is 0 Å². The van der Waals surface area contributed by atoms with Gasteiger partial charge in [-0.3, -0.25) is 0 Å². The molecular formula is C21H34O2Sn. The summed E-state index contributed by atoms with van der Waals surface area (Å²) in [6, 6.07) is 8.25. The van der Waals surface area contributed by atoms with E-state index < -0.39 is 18.8 Å². The minimum absolute atomic E-state index is 0.165. The average molecular weight is 437 g/mol. The molecule has 2 rings (SSSR count). The van der Waals surface area contributed by atoms with E-state index in [1.807, 2.05) is 6.07 Å². The Labute approximate surface area is 153 Å². The molecule has 0 fully saturated rings. The summed E-state index contributed by atoms with van der Waals surface area (Å²) in [7, 11) is 0. The Morgan fingerprint density at radius 3 is 2.08 bits per heavy atom. The molecule has 1 heterocycles. The van der Waals surface area contributed by atoms with Gasteiger partial charge in [-0.1, -0.05) is 0 Å². The van der Waals surface area contributed by atoms with Crippen molar-refractivity contribution in [1.82, 2.24) is 0 Å². The zero-order valence-electron chi connectivity index (χ0n) is 15.7. The van der Waals surface area contributed by atoms with Gasteiger partial charge in [0.05, 0.1) is 0 Å². The normalized spacial score (nSPS) is 16.7. The first kappa shape index (κ1) is 19.8. The van der Waals surface area contributed by atoms with Gasteiger partial charge in [0.25, 0.3) is 0 Å². The van der Waals surface area contributed by atoms with Gasteiger partial charge in [-0.2, -0.15) is 0 Å². The fourth-order valence-electron chi connectivity index (χ4n) is 3.43. The Kier molecular flexibility index (Phi) is 8.68. The van der Waals surface area contributed by atoms with Crippen molar-refractivity contribution in [3.05, 3.63) is 35.9 Å². The van der Waals surface area contributed by atoms with Crippen molar-refractivity contribution in [2.45, 2.75) is 78.9 Å². The van der Waals surface area contributed by atoms with Gasteiger partial charge in [-0.15, -0.1) is 0 Å². The van der Waals surface area contributed by atoms with Crippen LogP contribution in [0.15, 0.2) is 30.3 Å². The molecule has 0 aliphatic carbocycles. The molecule has 0 N–H and O–H groups in total. The van der Waals surface area contributed by atoms with Crippen molar-refractivity contribution in [1.29, 1.82) is 0 Å². The summed E-state index contributed by atoms with van der Waals surface area (Å²) < 4.78 is 17.1. The molecule has 0 bridgehead atoms. The molecule has 1 atom stereocenters. The van der Waals surface area contributed by atoms with Crippen LogP contribution in [0.1, 0.15) is 64.9 Å². The molecule has 3 heteroatoms. The van der Waals surface area contributed by atoms with E-state index in [4.69, 9.17) is 7.81 Å². The van der Waals surface area contributed by atoms with E-state index in [9.17, 15) is 0 Å². The number of unbranched alkanes of at least 4 members (excludes halogenated alkanes) is 3. The molecule has 0 radical (unpaired) electrons. The molecule has 2 nitrogen and oxygen atoms in total. The van der Waals surface area contributed by atoms with E-state index in [0.29, 0.717) is 0 Å². The molecule has 0 amide bonds. The molecular weight excluding hydrogens is 403 g/mol. The van der Waals surface area contributed by atoms with Crippen LogP contribution in [0.2, 0.25) is 13.3 Å². The zero-order valence-corrected chi connectivity index (χ0v) is 18.6. The van der Waals surface area contributed by atoms with Crippen LogP contribution in [0.5, 0.6) is 5.75 Å². The maximum atomic E-state index is 6.84. The van der Waals surface area contributed by atoms with E-state index in [1.165, 1.54) is 51.8 Å². The number of para-hydroxylation sites is 1. The van der Waals surface area contributed by atoms with Crippen LogP contribution < -0.4 is 4.74 Å². The summed E-state index contributed by atoms with van der Waals surface area (Å²) in [5, 5.41) is 0. The number of benzene rings is 1. The number of hydrogen-bond acceptors (Lipinski definition) is 2. The van der Waals surface area contributed by atoms with Crippen LogP contribution in [0, 0.1) is 0 Å². The topological polar surface area (TPSA) is 18.5 Å². The number of ether oxygens (including phenoxy) is 1. The fraction of sp³-hybridized carbons (Fsp3) is 0.619. The van der Waals surface area contributed by atoms with E-state index in [2.05, 4.69) is 51.1 Å². The third kappa shape index (κ3) is 5.80. The van der Waals surface area contributed by atoms with Gasteiger partial charge in [-0.05, 0) is 0 Å². The third-order valence-electron chi connectivity index (χ3n) is 4.92. The Morgan fingerprint density at radius 2 is 1.50 bits per heavy atom. The predicted octanol–water partition coefficient (Wildman–Crippen LogP) is 6.78. The van der Waals surface area contributed by atoms with E-state index in [-0.39, 0.29) is 6.29 Å². The predicted molar refractivity (Wildman–Crippen MR) is 106 cm³/mol. The van der Waals surface area contributed by atoms with Crippen molar-refractivity contribution >= 4 is 24.9 Å². The number of hydrogen-bond donors (Lipinski definition) is 0. The quantitative estimate of drug-likeness (QED) is 0.356. The Morgan fingerprint density at radius 1 is 0.917 bits per heavy atom. The van der Waals surface area contributed by atoms with Crippen molar-refractivity contribution in [3.63, 3.8) is 0 Å². The van der Waals surface area contributed by atoms with E-state index in [1.54, 1.807) is 0 Å². The van der Waals surface area contributed by atoms with E-state index in [0.717, 1.165) is 11.3 Å². The summed E-state index contributed by atoms with van der Waals surface area (Å²) in [6.07, 6.45) is 11.9. The summed E-state index contributed by atoms with van der Waals surface area (Å²) >= 11 is -2.62. The van der Waals surface area contributed by atoms with Crippen molar-refractivity contribution in [2.75, 3.05) is 0 Å². The second-order valence-electron chi connectivity index (χ2n) is 6.99. The number of fused-ring (bicyclic) bond motifs is 1. The standard InChI is InChI=1S/C9H7O2.3C4H9.Sn/c10-9-6-5-7-3-1-2-4-8(7)11-9;3*1-3-4-2;/h1-6,9H;3*1,3-4H2,2H3;/q-1;;;;+1. The molecule has 1 aliphatic heterocycles. The fourth-order valence-corrected chi connectivity index (χ4v) is 16.9. The first-order valence-corrected chi connectivity index (χ1v) is 17.1. The van der Waals surface area contributed by atoms with Crippen molar-refractivity contribution in [2.24, 2.45) is 0 Å². The molecule has 0 saturated heterocycles. The number of rotatable bonds is 11. The second kappa shape index (κ2) is 10.5. The first-order chi connectivity index (χ1) is 11.7. The van der Waals surface area contributed by atoms with Crippen LogP contribution >= 0.6 is 0 Å². The van der Waals surface area contributed by atoms with Crippen LogP contribution in [0.4, 0.5) is 0 Å². The summed E-state index contributed by atoms with van der Waals surface area (Å²) in [6.45, 7) is 6.89. The van der Waals surface area contributed by atoms with Gasteiger partial charge in [-0.25, -0.2) is 0 Å². The van der Waals surface area contributed by atoms with Gasteiger partial charge in [0.15, 0.2) is 0 Å². The molecule has 1 aromatic carbocycles. The Hall–Kier alpha value is -0.481. The van der Waals surface area contributed by atoms with Crippen molar-refractivity contribution in [3.8, 4) is 5.75 Å². The van der Waals surface area contributed by atoms with Crippen LogP contribution in [-0.4, -0.2) is 25.1 Å². The minimum atomic E-state index is -2.62. The molecule has 0 spiro atoms. The van der Waals surface area contributed by atoms with Crippen LogP contribution in [0.25, 0.3) is 6.08 Å². The molecule has 1 aliphatic rings. The summed E-state index contributed by atoms with van der Waals surface area (Å²) in [5.41, 5.74) is 1.16. The molecule has 1 unspecified atom stereocenters. The maximum absolute atomic E-state index is 6.84. The van der Waals surface area contributed by atoms with Gasteiger partial charge >= 0.3 is 153 Å². The van der Waals surface area contributed by atoms with Gasteiger partial charge in [0.1, 0.15) is 0 Å². The SMILES string of the molecule is CCC[CH2][Sn]([CH2]CCC)([CH2]CCC)[O]C1C=Cc2ccccc2O1. The third-order valence-corrected chi connectivity index (χ3v) is 17.8.